The summed E-state index contributed by atoms with van der Waals surface area (Å²) in [5.41, 5.74) is 4.20. The SMILES string of the molecule is COCc1nn(Cc2ccc(CN3C(=O)Cc4ncccc43)cc2)cc1C(=O)O. The fourth-order valence-corrected chi connectivity index (χ4v) is 3.44. The van der Waals surface area contributed by atoms with Crippen molar-refractivity contribution in [3.8, 4) is 0 Å². The fourth-order valence-electron chi connectivity index (χ4n) is 3.44. The number of fused-ring (bicyclic) bond motifs is 1. The second-order valence-corrected chi connectivity index (χ2v) is 6.87. The Morgan fingerprint density at radius 2 is 1.90 bits per heavy atom. The number of hydrogen-bond donors (Lipinski definition) is 1. The topological polar surface area (TPSA) is 97.5 Å². The molecule has 0 spiro atoms. The molecule has 1 aliphatic heterocycles. The first-order valence-corrected chi connectivity index (χ1v) is 9.16. The highest BCUT2D eigenvalue weighted by Crippen LogP contribution is 2.28. The van der Waals surface area contributed by atoms with Crippen molar-refractivity contribution in [1.29, 1.82) is 0 Å². The largest absolute Gasteiger partial charge is 0.478 e. The number of nitrogens with zero attached hydrogens (tertiary/aromatic N) is 4. The van der Waals surface area contributed by atoms with Crippen LogP contribution in [-0.4, -0.2) is 38.9 Å². The van der Waals surface area contributed by atoms with Gasteiger partial charge in [0.15, 0.2) is 0 Å². The number of benzene rings is 1. The van der Waals surface area contributed by atoms with E-state index in [1.54, 1.807) is 15.8 Å². The smallest absolute Gasteiger partial charge is 0.339 e. The van der Waals surface area contributed by atoms with Gasteiger partial charge in [0.2, 0.25) is 5.91 Å². The number of ether oxygens (including phenoxy) is 1. The molecule has 0 fully saturated rings. The fraction of sp³-hybridized carbons (Fsp3) is 0.238. The van der Waals surface area contributed by atoms with E-state index >= 15 is 0 Å². The van der Waals surface area contributed by atoms with Crippen molar-refractivity contribution in [2.75, 3.05) is 12.0 Å². The van der Waals surface area contributed by atoms with Crippen LogP contribution in [0.2, 0.25) is 0 Å². The van der Waals surface area contributed by atoms with Gasteiger partial charge in [0.25, 0.3) is 0 Å². The standard InChI is InChI=1S/C21H20N4O4/c1-29-13-18-16(21(27)28)12-24(23-18)10-14-4-6-15(7-5-14)11-25-19-3-2-8-22-17(19)9-20(25)26/h2-8,12H,9-11,13H2,1H3,(H,27,28). The molecule has 4 rings (SSSR count). The highest BCUT2D eigenvalue weighted by molar-refractivity contribution is 6.00. The van der Waals surface area contributed by atoms with Crippen LogP contribution in [-0.2, 0) is 35.6 Å². The van der Waals surface area contributed by atoms with E-state index in [-0.39, 0.29) is 18.1 Å². The highest BCUT2D eigenvalue weighted by atomic mass is 16.5. The second-order valence-electron chi connectivity index (χ2n) is 6.87. The lowest BCUT2D eigenvalue weighted by atomic mass is 10.1. The Bertz CT molecular complexity index is 1060. The van der Waals surface area contributed by atoms with Crippen LogP contribution in [0.3, 0.4) is 0 Å². The molecular formula is C21H20N4O4. The number of rotatable bonds is 7. The van der Waals surface area contributed by atoms with Crippen molar-refractivity contribution < 1.29 is 19.4 Å². The first-order valence-electron chi connectivity index (χ1n) is 9.16. The summed E-state index contributed by atoms with van der Waals surface area (Å²) in [5.74, 6) is -0.977. The monoisotopic (exact) mass is 392 g/mol. The summed E-state index contributed by atoms with van der Waals surface area (Å²) in [7, 11) is 1.50. The predicted molar refractivity (Wildman–Crippen MR) is 105 cm³/mol. The van der Waals surface area contributed by atoms with Crippen molar-refractivity contribution in [3.05, 3.63) is 76.9 Å². The molecule has 1 aromatic carbocycles. The summed E-state index contributed by atoms with van der Waals surface area (Å²) < 4.78 is 6.62. The van der Waals surface area contributed by atoms with Gasteiger partial charge in [0.05, 0.1) is 37.5 Å². The molecule has 0 unspecified atom stereocenters. The average Bonchev–Trinajstić information content (AvgIpc) is 3.24. The third-order valence-electron chi connectivity index (χ3n) is 4.83. The Hall–Kier alpha value is -3.52. The van der Waals surface area contributed by atoms with Crippen LogP contribution in [0.1, 0.15) is 32.9 Å². The third-order valence-corrected chi connectivity index (χ3v) is 4.83. The average molecular weight is 392 g/mol. The number of carbonyl (C=O) groups excluding carboxylic acids is 1. The maximum absolute atomic E-state index is 12.3. The van der Waals surface area contributed by atoms with Gasteiger partial charge in [-0.15, -0.1) is 0 Å². The number of methoxy groups -OCH3 is 1. The Kier molecular flexibility index (Phi) is 5.09. The molecule has 0 atom stereocenters. The second kappa shape index (κ2) is 7.84. The molecule has 3 heterocycles. The van der Waals surface area contributed by atoms with Crippen molar-refractivity contribution in [2.24, 2.45) is 0 Å². The zero-order chi connectivity index (χ0) is 20.4. The highest BCUT2D eigenvalue weighted by Gasteiger charge is 2.27. The number of carbonyl (C=O) groups is 2. The van der Waals surface area contributed by atoms with Crippen LogP contribution in [0.5, 0.6) is 0 Å². The van der Waals surface area contributed by atoms with Crippen LogP contribution in [0.25, 0.3) is 0 Å². The van der Waals surface area contributed by atoms with Gasteiger partial charge in [-0.05, 0) is 23.3 Å². The van der Waals surface area contributed by atoms with Gasteiger partial charge in [0.1, 0.15) is 11.3 Å². The van der Waals surface area contributed by atoms with Gasteiger partial charge in [-0.2, -0.15) is 5.10 Å². The van der Waals surface area contributed by atoms with E-state index in [2.05, 4.69) is 10.1 Å². The summed E-state index contributed by atoms with van der Waals surface area (Å²) in [6.45, 7) is 1.08. The summed E-state index contributed by atoms with van der Waals surface area (Å²) in [4.78, 5) is 29.7. The van der Waals surface area contributed by atoms with Crippen molar-refractivity contribution in [2.45, 2.75) is 26.1 Å². The van der Waals surface area contributed by atoms with Gasteiger partial charge in [-0.25, -0.2) is 4.79 Å². The molecule has 0 saturated heterocycles. The summed E-state index contributed by atoms with van der Waals surface area (Å²) in [5, 5.41) is 13.6. The molecular weight excluding hydrogens is 372 g/mol. The zero-order valence-electron chi connectivity index (χ0n) is 15.9. The molecule has 29 heavy (non-hydrogen) atoms. The Balaban J connectivity index is 1.47. The Labute approximate surface area is 167 Å². The van der Waals surface area contributed by atoms with Crippen LogP contribution < -0.4 is 4.90 Å². The molecule has 3 aromatic rings. The number of carboxylic acids is 1. The quantitative estimate of drug-likeness (QED) is 0.662. The normalized spacial score (nSPS) is 13.0. The van der Waals surface area contributed by atoms with Crippen molar-refractivity contribution in [3.63, 3.8) is 0 Å². The molecule has 2 aromatic heterocycles. The number of hydrogen-bond acceptors (Lipinski definition) is 5. The van der Waals surface area contributed by atoms with Crippen LogP contribution >= 0.6 is 0 Å². The summed E-state index contributed by atoms with van der Waals surface area (Å²) in [6.07, 6.45) is 3.55. The van der Waals surface area contributed by atoms with Gasteiger partial charge >= 0.3 is 5.97 Å². The molecule has 148 valence electrons. The van der Waals surface area contributed by atoms with E-state index in [9.17, 15) is 14.7 Å². The maximum atomic E-state index is 12.3. The molecule has 1 N–H and O–H groups in total. The molecule has 1 amide bonds. The molecule has 0 bridgehead atoms. The number of carboxylic acid groups (broad SMARTS) is 1. The summed E-state index contributed by atoms with van der Waals surface area (Å²) in [6, 6.07) is 11.6. The molecule has 0 saturated carbocycles. The van der Waals surface area contributed by atoms with E-state index in [1.165, 1.54) is 13.3 Å². The number of anilines is 1. The van der Waals surface area contributed by atoms with E-state index in [0.717, 1.165) is 22.5 Å². The minimum atomic E-state index is -1.02. The van der Waals surface area contributed by atoms with E-state index in [1.807, 2.05) is 36.4 Å². The first-order chi connectivity index (χ1) is 14.0. The van der Waals surface area contributed by atoms with Gasteiger partial charge in [0, 0.05) is 19.5 Å². The Morgan fingerprint density at radius 1 is 1.17 bits per heavy atom. The van der Waals surface area contributed by atoms with E-state index in [4.69, 9.17) is 4.74 Å². The minimum absolute atomic E-state index is 0.0474. The van der Waals surface area contributed by atoms with Crippen LogP contribution in [0.4, 0.5) is 5.69 Å². The number of aromatic carboxylic acids is 1. The van der Waals surface area contributed by atoms with Gasteiger partial charge in [-0.1, -0.05) is 24.3 Å². The van der Waals surface area contributed by atoms with Crippen LogP contribution in [0, 0.1) is 0 Å². The lowest BCUT2D eigenvalue weighted by Gasteiger charge is -2.17. The molecule has 8 nitrogen and oxygen atoms in total. The predicted octanol–water partition coefficient (Wildman–Crippen LogP) is 2.26. The number of aromatic nitrogens is 3. The molecule has 0 radical (unpaired) electrons. The molecule has 0 aliphatic carbocycles. The van der Waals surface area contributed by atoms with Crippen LogP contribution in [0.15, 0.2) is 48.8 Å². The number of pyridine rings is 1. The van der Waals surface area contributed by atoms with Crippen molar-refractivity contribution in [1.82, 2.24) is 14.8 Å². The molecule has 1 aliphatic rings. The van der Waals surface area contributed by atoms with E-state index in [0.29, 0.717) is 25.2 Å². The van der Waals surface area contributed by atoms with Crippen molar-refractivity contribution >= 4 is 17.6 Å². The van der Waals surface area contributed by atoms with Gasteiger partial charge in [-0.3, -0.25) is 14.5 Å². The first kappa shape index (κ1) is 18.8. The minimum Gasteiger partial charge on any atom is -0.478 e. The maximum Gasteiger partial charge on any atom is 0.339 e. The zero-order valence-corrected chi connectivity index (χ0v) is 15.9. The van der Waals surface area contributed by atoms with Gasteiger partial charge < -0.3 is 14.7 Å². The van der Waals surface area contributed by atoms with E-state index < -0.39 is 5.97 Å². The lowest BCUT2D eigenvalue weighted by Crippen LogP contribution is -2.25. The molecule has 8 heteroatoms. The summed E-state index contributed by atoms with van der Waals surface area (Å²) >= 11 is 0. The lowest BCUT2D eigenvalue weighted by molar-refractivity contribution is -0.117. The third kappa shape index (κ3) is 3.88. The number of amides is 1. The Morgan fingerprint density at radius 3 is 2.59 bits per heavy atom.